The zero-order valence-electron chi connectivity index (χ0n) is 42.5. The van der Waals surface area contributed by atoms with E-state index in [0.717, 1.165) is 89.9 Å². The van der Waals surface area contributed by atoms with Crippen LogP contribution in [0.4, 0.5) is 17.1 Å². The van der Waals surface area contributed by atoms with Gasteiger partial charge in [0.1, 0.15) is 5.82 Å². The van der Waals surface area contributed by atoms with Crippen LogP contribution in [0.3, 0.4) is 0 Å². The molecule has 0 unspecified atom stereocenters. The van der Waals surface area contributed by atoms with Crippen LogP contribution < -0.4 is 4.90 Å². The molecule has 366 valence electrons. The molecule has 0 spiro atoms. The third-order valence-corrected chi connectivity index (χ3v) is 15.5. The minimum absolute atomic E-state index is 0.914. The SMILES string of the molecule is c1ccc(-n2c(-c3cccc(-c4ccc(N(c5ccc(-c6ccc(-n7c8ccccc8c8ccccc87)cc6)cc5)c5ccc(-c6ccc(-n7c8ccccc8c8ccccc87)cc6)cc5)cc4)c3)nc3ccccc32)cc1. The monoisotopic (exact) mass is 995 g/mol. The summed E-state index contributed by atoms with van der Waals surface area (Å²) in [5.74, 6) is 0.914. The van der Waals surface area contributed by atoms with Crippen molar-refractivity contribution in [2.45, 2.75) is 0 Å². The Morgan fingerprint density at radius 2 is 0.564 bits per heavy atom. The van der Waals surface area contributed by atoms with Gasteiger partial charge in [0.2, 0.25) is 0 Å². The molecule has 0 aliphatic rings. The molecule has 5 heteroatoms. The van der Waals surface area contributed by atoms with Crippen LogP contribution in [-0.4, -0.2) is 18.7 Å². The van der Waals surface area contributed by atoms with Gasteiger partial charge in [-0.1, -0.05) is 182 Å². The first-order valence-electron chi connectivity index (χ1n) is 26.6. The van der Waals surface area contributed by atoms with Crippen LogP contribution in [0.5, 0.6) is 0 Å². The van der Waals surface area contributed by atoms with Crippen molar-refractivity contribution < 1.29 is 0 Å². The standard InChI is InChI=1S/C73H49N5/c1-2-17-57(18-3-1)78-72-28-13-8-23-67(72)74-73(78)56-16-14-15-55(49-56)54-37-43-60(44-38-54)75(58-39-29-50(30-40-58)52-33-45-61(46-34-52)76-68-24-9-4-19-63(68)64-20-5-10-25-69(64)76)59-41-31-51(32-42-59)53-35-47-62(48-36-53)77-70-26-11-6-21-65(70)66-22-7-12-27-71(66)77/h1-49H. The van der Waals surface area contributed by atoms with Gasteiger partial charge in [-0.2, -0.15) is 0 Å². The molecule has 0 bridgehead atoms. The second-order valence-electron chi connectivity index (χ2n) is 20.0. The quantitative estimate of drug-likeness (QED) is 0.137. The second kappa shape index (κ2) is 18.7. The van der Waals surface area contributed by atoms with E-state index >= 15 is 0 Å². The zero-order valence-corrected chi connectivity index (χ0v) is 42.5. The van der Waals surface area contributed by atoms with Crippen molar-refractivity contribution in [3.63, 3.8) is 0 Å². The van der Waals surface area contributed by atoms with Gasteiger partial charge >= 0.3 is 0 Å². The number of aromatic nitrogens is 4. The molecule has 0 aliphatic carbocycles. The third-order valence-electron chi connectivity index (χ3n) is 15.5. The largest absolute Gasteiger partial charge is 0.311 e. The molecule has 0 N–H and O–H groups in total. The molecular weight excluding hydrogens is 947 g/mol. The Balaban J connectivity index is 0.768. The number of anilines is 3. The Kier molecular flexibility index (Phi) is 10.8. The molecule has 0 fully saturated rings. The Labute approximate surface area is 452 Å². The van der Waals surface area contributed by atoms with Gasteiger partial charge in [0, 0.05) is 61.2 Å². The van der Waals surface area contributed by atoms with Crippen LogP contribution >= 0.6 is 0 Å². The highest BCUT2D eigenvalue weighted by molar-refractivity contribution is 6.10. The van der Waals surface area contributed by atoms with Crippen molar-refractivity contribution in [1.29, 1.82) is 0 Å². The van der Waals surface area contributed by atoms with Crippen molar-refractivity contribution in [2.24, 2.45) is 0 Å². The number of hydrogen-bond acceptors (Lipinski definition) is 2. The average molecular weight is 996 g/mol. The van der Waals surface area contributed by atoms with Gasteiger partial charge < -0.3 is 14.0 Å². The summed E-state index contributed by atoms with van der Waals surface area (Å²) in [6.07, 6.45) is 0. The summed E-state index contributed by atoms with van der Waals surface area (Å²) in [7, 11) is 0. The highest BCUT2D eigenvalue weighted by Crippen LogP contribution is 2.40. The van der Waals surface area contributed by atoms with Gasteiger partial charge in [0.05, 0.1) is 33.1 Å². The molecule has 15 rings (SSSR count). The summed E-state index contributed by atoms with van der Waals surface area (Å²) in [4.78, 5) is 7.53. The lowest BCUT2D eigenvalue weighted by atomic mass is 10.0. The number of para-hydroxylation sites is 7. The van der Waals surface area contributed by atoms with Crippen molar-refractivity contribution in [3.05, 3.63) is 297 Å². The first kappa shape index (κ1) is 44.9. The van der Waals surface area contributed by atoms with Gasteiger partial charge in [-0.05, 0) is 149 Å². The summed E-state index contributed by atoms with van der Waals surface area (Å²) >= 11 is 0. The fraction of sp³-hybridized carbons (Fsp3) is 0. The van der Waals surface area contributed by atoms with Crippen LogP contribution in [0, 0.1) is 0 Å². The first-order chi connectivity index (χ1) is 38.7. The van der Waals surface area contributed by atoms with Crippen LogP contribution in [0.25, 0.3) is 116 Å². The van der Waals surface area contributed by atoms with Crippen LogP contribution in [0.1, 0.15) is 0 Å². The van der Waals surface area contributed by atoms with Crippen molar-refractivity contribution >= 4 is 71.7 Å². The Morgan fingerprint density at radius 3 is 1.00 bits per heavy atom. The summed E-state index contributed by atoms with van der Waals surface area (Å²) in [5.41, 5.74) is 21.4. The molecule has 0 saturated carbocycles. The fourth-order valence-corrected chi connectivity index (χ4v) is 11.8. The first-order valence-corrected chi connectivity index (χ1v) is 26.6. The van der Waals surface area contributed by atoms with E-state index in [9.17, 15) is 0 Å². The molecule has 12 aromatic carbocycles. The van der Waals surface area contributed by atoms with E-state index in [1.54, 1.807) is 0 Å². The van der Waals surface area contributed by atoms with Gasteiger partial charge in [-0.3, -0.25) is 4.57 Å². The minimum atomic E-state index is 0.914. The molecule has 78 heavy (non-hydrogen) atoms. The van der Waals surface area contributed by atoms with Crippen molar-refractivity contribution in [1.82, 2.24) is 18.7 Å². The molecular formula is C73H49N5. The Bertz CT molecular complexity index is 4370. The normalized spacial score (nSPS) is 11.6. The lowest BCUT2D eigenvalue weighted by Gasteiger charge is -2.26. The molecule has 5 nitrogen and oxygen atoms in total. The minimum Gasteiger partial charge on any atom is -0.311 e. The number of fused-ring (bicyclic) bond motifs is 7. The molecule has 0 radical (unpaired) electrons. The molecule has 0 atom stereocenters. The smallest absolute Gasteiger partial charge is 0.145 e. The summed E-state index contributed by atoms with van der Waals surface area (Å²) in [6.45, 7) is 0. The van der Waals surface area contributed by atoms with Gasteiger partial charge in [0.15, 0.2) is 0 Å². The maximum atomic E-state index is 5.17. The molecule has 0 amide bonds. The van der Waals surface area contributed by atoms with Crippen LogP contribution in [0.15, 0.2) is 297 Å². The Hall–Kier alpha value is -10.5. The van der Waals surface area contributed by atoms with Crippen molar-refractivity contribution in [2.75, 3.05) is 4.90 Å². The average Bonchev–Trinajstić information content (AvgIpc) is 4.24. The maximum absolute atomic E-state index is 5.17. The molecule has 15 aromatic rings. The van der Waals surface area contributed by atoms with E-state index in [0.29, 0.717) is 0 Å². The summed E-state index contributed by atoms with van der Waals surface area (Å²) in [5, 5.41) is 5.05. The fourth-order valence-electron chi connectivity index (χ4n) is 11.8. The van der Waals surface area contributed by atoms with Gasteiger partial charge in [-0.25, -0.2) is 4.98 Å². The van der Waals surface area contributed by atoms with E-state index < -0.39 is 0 Å². The third kappa shape index (κ3) is 7.67. The van der Waals surface area contributed by atoms with E-state index in [1.165, 1.54) is 43.6 Å². The summed E-state index contributed by atoms with van der Waals surface area (Å²) in [6, 6.07) is 107. The number of benzene rings is 12. The summed E-state index contributed by atoms with van der Waals surface area (Å²) < 4.78 is 7.00. The highest BCUT2D eigenvalue weighted by atomic mass is 15.1. The molecule has 3 heterocycles. The second-order valence-corrected chi connectivity index (χ2v) is 20.0. The van der Waals surface area contributed by atoms with Gasteiger partial charge in [0.25, 0.3) is 0 Å². The van der Waals surface area contributed by atoms with E-state index in [4.69, 9.17) is 4.98 Å². The number of hydrogen-bond donors (Lipinski definition) is 0. The van der Waals surface area contributed by atoms with Crippen LogP contribution in [-0.2, 0) is 0 Å². The van der Waals surface area contributed by atoms with E-state index in [1.807, 2.05) is 0 Å². The lowest BCUT2D eigenvalue weighted by Crippen LogP contribution is -2.09. The highest BCUT2D eigenvalue weighted by Gasteiger charge is 2.19. The van der Waals surface area contributed by atoms with Gasteiger partial charge in [-0.15, -0.1) is 0 Å². The van der Waals surface area contributed by atoms with Crippen molar-refractivity contribution in [3.8, 4) is 61.8 Å². The predicted molar refractivity (Wildman–Crippen MR) is 326 cm³/mol. The van der Waals surface area contributed by atoms with E-state index in [-0.39, 0.29) is 0 Å². The maximum Gasteiger partial charge on any atom is 0.145 e. The number of rotatable bonds is 10. The number of nitrogens with zero attached hydrogens (tertiary/aromatic N) is 5. The number of imidazole rings is 1. The molecule has 0 saturated heterocycles. The Morgan fingerprint density at radius 1 is 0.231 bits per heavy atom. The lowest BCUT2D eigenvalue weighted by molar-refractivity contribution is 1.10. The van der Waals surface area contributed by atoms with Crippen LogP contribution in [0.2, 0.25) is 0 Å². The topological polar surface area (TPSA) is 30.9 Å². The molecule has 3 aromatic heterocycles. The van der Waals surface area contributed by atoms with E-state index in [2.05, 4.69) is 316 Å². The molecule has 0 aliphatic heterocycles. The predicted octanol–water partition coefficient (Wildman–Crippen LogP) is 19.4. The zero-order chi connectivity index (χ0) is 51.5.